The smallest absolute Gasteiger partial charge is 0.240 e. The Hall–Kier alpha value is -4.26. The van der Waals surface area contributed by atoms with Crippen molar-refractivity contribution in [3.63, 3.8) is 0 Å². The van der Waals surface area contributed by atoms with Gasteiger partial charge in [-0.05, 0) is 86.9 Å². The summed E-state index contributed by atoms with van der Waals surface area (Å²) in [6.07, 6.45) is 2.62. The van der Waals surface area contributed by atoms with Gasteiger partial charge in [-0.3, -0.25) is 19.5 Å². The molecule has 2 amide bonds. The fourth-order valence-corrected chi connectivity index (χ4v) is 5.36. The molecule has 4 aromatic rings. The maximum atomic E-state index is 13.2. The van der Waals surface area contributed by atoms with Crippen LogP contribution < -0.4 is 15.4 Å². The highest BCUT2D eigenvalue weighted by molar-refractivity contribution is 7.19. The molecule has 0 bridgehead atoms. The quantitative estimate of drug-likeness (QED) is 0.175. The van der Waals surface area contributed by atoms with Crippen molar-refractivity contribution in [1.29, 1.82) is 0 Å². The van der Waals surface area contributed by atoms with Gasteiger partial charge in [0.15, 0.2) is 0 Å². The number of rotatable bonds is 9. The van der Waals surface area contributed by atoms with Crippen LogP contribution in [0.3, 0.4) is 0 Å². The van der Waals surface area contributed by atoms with Crippen LogP contribution in [0.1, 0.15) is 37.1 Å². The number of aromatic nitrogens is 1. The van der Waals surface area contributed by atoms with Gasteiger partial charge in [-0.15, -0.1) is 11.3 Å². The number of amides is 2. The first kappa shape index (κ1) is 28.3. The number of nitrogens with zero attached hydrogens (tertiary/aromatic N) is 2. The van der Waals surface area contributed by atoms with Crippen LogP contribution in [0.2, 0.25) is 0 Å². The summed E-state index contributed by atoms with van der Waals surface area (Å²) in [4.78, 5) is 33.6. The standard InChI is InChI=1S/C32H31FN4O3S/c1-4-37(5-2)18-6-7-25-20-26-29(41-25)28(14-17-34-26)40-27-13-12-24(19-21(27)3)36-31(39)32(15-16-32)30(38)35-23-10-8-22(33)9-11-23/h8-14,17,19-20H,4-5,15-16,18H2,1-3H3,(H,35,38)(H,36,39). The van der Waals surface area contributed by atoms with Gasteiger partial charge >= 0.3 is 0 Å². The van der Waals surface area contributed by atoms with Crippen LogP contribution in [0.4, 0.5) is 15.8 Å². The van der Waals surface area contributed by atoms with Crippen LogP contribution in [0.25, 0.3) is 10.2 Å². The molecule has 210 valence electrons. The number of fused-ring (bicyclic) bond motifs is 1. The van der Waals surface area contributed by atoms with Gasteiger partial charge in [-0.25, -0.2) is 4.39 Å². The number of hydrogen-bond acceptors (Lipinski definition) is 6. The number of benzene rings is 2. The minimum Gasteiger partial charge on any atom is -0.455 e. The molecule has 41 heavy (non-hydrogen) atoms. The molecule has 2 aromatic heterocycles. The molecular formula is C32H31FN4O3S. The van der Waals surface area contributed by atoms with Crippen LogP contribution >= 0.6 is 11.3 Å². The molecule has 0 spiro atoms. The number of carbonyl (C=O) groups is 2. The number of thiophene rings is 1. The van der Waals surface area contributed by atoms with Crippen molar-refractivity contribution < 1.29 is 18.7 Å². The molecule has 1 aliphatic carbocycles. The van der Waals surface area contributed by atoms with Gasteiger partial charge in [-0.2, -0.15) is 0 Å². The summed E-state index contributed by atoms with van der Waals surface area (Å²) in [6, 6.07) is 14.6. The molecule has 0 unspecified atom stereocenters. The number of ether oxygens (including phenoxy) is 1. The topological polar surface area (TPSA) is 83.6 Å². The van der Waals surface area contributed by atoms with E-state index in [2.05, 4.69) is 46.2 Å². The molecule has 9 heteroatoms. The van der Waals surface area contributed by atoms with E-state index in [1.807, 2.05) is 25.1 Å². The SMILES string of the molecule is CCN(CC)CC#Cc1cc2nccc(Oc3ccc(NC(=O)C4(C(=O)Nc5ccc(F)cc5)CC4)cc3C)c2s1. The third kappa shape index (κ3) is 6.40. The highest BCUT2D eigenvalue weighted by atomic mass is 32.1. The molecule has 0 atom stereocenters. The first-order valence-corrected chi connectivity index (χ1v) is 14.4. The van der Waals surface area contributed by atoms with E-state index in [1.54, 1.807) is 29.7 Å². The van der Waals surface area contributed by atoms with Crippen LogP contribution in [0, 0.1) is 30.0 Å². The largest absolute Gasteiger partial charge is 0.455 e. The molecule has 2 heterocycles. The lowest BCUT2D eigenvalue weighted by molar-refractivity contribution is -0.131. The Kier molecular flexibility index (Phi) is 8.34. The van der Waals surface area contributed by atoms with Gasteiger partial charge in [0.25, 0.3) is 0 Å². The van der Waals surface area contributed by atoms with E-state index in [9.17, 15) is 14.0 Å². The lowest BCUT2D eigenvalue weighted by atomic mass is 10.0. The number of hydrogen-bond donors (Lipinski definition) is 2. The monoisotopic (exact) mass is 570 g/mol. The molecular weight excluding hydrogens is 539 g/mol. The van der Waals surface area contributed by atoms with E-state index >= 15 is 0 Å². The lowest BCUT2D eigenvalue weighted by Gasteiger charge is -2.16. The summed E-state index contributed by atoms with van der Waals surface area (Å²) in [5, 5.41) is 5.60. The van der Waals surface area contributed by atoms with Gasteiger partial charge in [-0.1, -0.05) is 25.7 Å². The summed E-state index contributed by atoms with van der Waals surface area (Å²) >= 11 is 1.55. The molecule has 0 aliphatic heterocycles. The van der Waals surface area contributed by atoms with Gasteiger partial charge in [0.2, 0.25) is 11.8 Å². The fraction of sp³-hybridized carbons (Fsp3) is 0.281. The van der Waals surface area contributed by atoms with Crippen molar-refractivity contribution in [2.45, 2.75) is 33.6 Å². The zero-order chi connectivity index (χ0) is 29.0. The summed E-state index contributed by atoms with van der Waals surface area (Å²) in [5.74, 6) is 6.67. The summed E-state index contributed by atoms with van der Waals surface area (Å²) < 4.78 is 20.4. The second-order valence-electron chi connectivity index (χ2n) is 9.98. The third-order valence-corrected chi connectivity index (χ3v) is 8.21. The maximum absolute atomic E-state index is 13.2. The van der Waals surface area contributed by atoms with Crippen molar-refractivity contribution in [3.05, 3.63) is 77.1 Å². The Morgan fingerprint density at radius 3 is 2.34 bits per heavy atom. The van der Waals surface area contributed by atoms with E-state index in [1.165, 1.54) is 24.3 Å². The Morgan fingerprint density at radius 2 is 1.68 bits per heavy atom. The molecule has 1 fully saturated rings. The molecule has 5 rings (SSSR count). The summed E-state index contributed by atoms with van der Waals surface area (Å²) in [6.45, 7) is 8.80. The maximum Gasteiger partial charge on any atom is 0.240 e. The van der Waals surface area contributed by atoms with E-state index in [0.717, 1.165) is 40.3 Å². The van der Waals surface area contributed by atoms with Crippen molar-refractivity contribution >= 4 is 44.7 Å². The molecule has 0 saturated heterocycles. The van der Waals surface area contributed by atoms with Crippen LogP contribution in [0.5, 0.6) is 11.5 Å². The molecule has 1 aliphatic rings. The van der Waals surface area contributed by atoms with Gasteiger partial charge in [0.1, 0.15) is 22.7 Å². The number of nitrogens with one attached hydrogen (secondary N) is 2. The van der Waals surface area contributed by atoms with Gasteiger partial charge < -0.3 is 15.4 Å². The highest BCUT2D eigenvalue weighted by Gasteiger charge is 2.56. The number of pyridine rings is 1. The second kappa shape index (κ2) is 12.1. The van der Waals surface area contributed by atoms with Crippen LogP contribution in [0.15, 0.2) is 60.8 Å². The predicted octanol–water partition coefficient (Wildman–Crippen LogP) is 6.59. The second-order valence-corrected chi connectivity index (χ2v) is 11.0. The Labute approximate surface area is 242 Å². The minimum absolute atomic E-state index is 0.366. The number of aryl methyl sites for hydroxylation is 1. The number of anilines is 2. The Morgan fingerprint density at radius 1 is 1.00 bits per heavy atom. The molecule has 2 aromatic carbocycles. The van der Waals surface area contributed by atoms with Gasteiger partial charge in [0, 0.05) is 23.6 Å². The van der Waals surface area contributed by atoms with Crippen molar-refractivity contribution in [1.82, 2.24) is 9.88 Å². The molecule has 1 saturated carbocycles. The third-order valence-electron chi connectivity index (χ3n) is 7.16. The first-order valence-electron chi connectivity index (χ1n) is 13.6. The van der Waals surface area contributed by atoms with E-state index in [-0.39, 0.29) is 5.91 Å². The molecule has 2 N–H and O–H groups in total. The zero-order valence-corrected chi connectivity index (χ0v) is 24.0. The zero-order valence-electron chi connectivity index (χ0n) is 23.2. The Bertz CT molecular complexity index is 1650. The van der Waals surface area contributed by atoms with Gasteiger partial charge in [0.05, 0.1) is 21.6 Å². The average molecular weight is 571 g/mol. The normalized spacial score (nSPS) is 13.4. The molecule has 7 nitrogen and oxygen atoms in total. The minimum atomic E-state index is -1.13. The van der Waals surface area contributed by atoms with E-state index in [0.29, 0.717) is 35.7 Å². The predicted molar refractivity (Wildman–Crippen MR) is 161 cm³/mol. The molecule has 0 radical (unpaired) electrons. The van der Waals surface area contributed by atoms with Crippen molar-refractivity contribution in [3.8, 4) is 23.3 Å². The first-order chi connectivity index (χ1) is 19.8. The van der Waals surface area contributed by atoms with Crippen LogP contribution in [-0.4, -0.2) is 41.3 Å². The number of carbonyl (C=O) groups excluding carboxylic acids is 2. The highest BCUT2D eigenvalue weighted by Crippen LogP contribution is 2.47. The summed E-state index contributed by atoms with van der Waals surface area (Å²) in [7, 11) is 0. The van der Waals surface area contributed by atoms with Crippen molar-refractivity contribution in [2.24, 2.45) is 5.41 Å². The van der Waals surface area contributed by atoms with E-state index < -0.39 is 17.1 Å². The fourth-order valence-electron chi connectivity index (χ4n) is 4.42. The van der Waals surface area contributed by atoms with Crippen LogP contribution in [-0.2, 0) is 9.59 Å². The lowest BCUT2D eigenvalue weighted by Crippen LogP contribution is -2.35. The average Bonchev–Trinajstić information content (AvgIpc) is 3.68. The van der Waals surface area contributed by atoms with Crippen molar-refractivity contribution in [2.75, 3.05) is 30.3 Å². The Balaban J connectivity index is 1.26. The number of halogens is 1. The summed E-state index contributed by atoms with van der Waals surface area (Å²) in [5.41, 5.74) is 1.54. The van der Waals surface area contributed by atoms with E-state index in [4.69, 9.17) is 4.74 Å².